The van der Waals surface area contributed by atoms with Crippen molar-refractivity contribution in [1.82, 2.24) is 26.6 Å². The molecule has 0 aliphatic heterocycles. The van der Waals surface area contributed by atoms with E-state index in [2.05, 4.69) is 26.6 Å². The number of carboxylic acids is 2. The van der Waals surface area contributed by atoms with Crippen LogP contribution in [0.2, 0.25) is 0 Å². The summed E-state index contributed by atoms with van der Waals surface area (Å²) >= 11 is 0. The van der Waals surface area contributed by atoms with E-state index >= 15 is 0 Å². The lowest BCUT2D eigenvalue weighted by molar-refractivity contribution is -0.145. The summed E-state index contributed by atoms with van der Waals surface area (Å²) in [6, 6.07) is 2.31. The molecule has 2 aromatic rings. The maximum Gasteiger partial charge on any atom is 0.328 e. The summed E-state index contributed by atoms with van der Waals surface area (Å²) in [5.41, 5.74) is 6.45. The number of benzene rings is 2. The number of carbonyl (C=O) groups excluding carboxylic acids is 5. The number of amides is 5. The number of nitrogens with one attached hydrogen (secondary N) is 5. The fourth-order valence-corrected chi connectivity index (χ4v) is 5.00. The highest BCUT2D eigenvalue weighted by atomic mass is 16.4. The van der Waals surface area contributed by atoms with Gasteiger partial charge in [-0.05, 0) is 61.6 Å². The van der Waals surface area contributed by atoms with Crippen molar-refractivity contribution in [3.63, 3.8) is 0 Å². The summed E-state index contributed by atoms with van der Waals surface area (Å²) in [5, 5.41) is 60.4. The second-order valence-electron chi connectivity index (χ2n) is 13.1. The van der Waals surface area contributed by atoms with Gasteiger partial charge in [-0.2, -0.15) is 0 Å². The Balaban J connectivity index is 2.47. The zero-order valence-corrected chi connectivity index (χ0v) is 29.7. The van der Waals surface area contributed by atoms with E-state index in [1.54, 1.807) is 13.8 Å². The Morgan fingerprint density at radius 2 is 0.962 bits per heavy atom. The largest absolute Gasteiger partial charge is 0.508 e. The Morgan fingerprint density at radius 1 is 0.585 bits per heavy atom. The number of aliphatic hydroxyl groups is 1. The summed E-state index contributed by atoms with van der Waals surface area (Å²) < 4.78 is 0. The van der Waals surface area contributed by atoms with Crippen LogP contribution in [0, 0.1) is 5.92 Å². The number of carboxylic acid groups (broad SMARTS) is 2. The molecule has 12 N–H and O–H groups in total. The van der Waals surface area contributed by atoms with Crippen LogP contribution in [0.5, 0.6) is 11.5 Å². The highest BCUT2D eigenvalue weighted by Crippen LogP contribution is 2.15. The molecule has 0 fully saturated rings. The molecule has 18 nitrogen and oxygen atoms in total. The second-order valence-corrected chi connectivity index (χ2v) is 13.1. The van der Waals surface area contributed by atoms with Crippen molar-refractivity contribution < 1.29 is 59.1 Å². The van der Waals surface area contributed by atoms with Crippen LogP contribution < -0.4 is 32.3 Å². The van der Waals surface area contributed by atoms with Gasteiger partial charge in [0.1, 0.15) is 35.7 Å². The Kier molecular flexibility index (Phi) is 16.7. The Bertz CT molecular complexity index is 1600. The van der Waals surface area contributed by atoms with Gasteiger partial charge in [-0.3, -0.25) is 28.8 Å². The Hall–Kier alpha value is -5.75. The van der Waals surface area contributed by atoms with Gasteiger partial charge in [0.25, 0.3) is 0 Å². The molecule has 0 spiro atoms. The molecule has 53 heavy (non-hydrogen) atoms. The van der Waals surface area contributed by atoms with Crippen molar-refractivity contribution in [3.05, 3.63) is 59.7 Å². The summed E-state index contributed by atoms with van der Waals surface area (Å²) in [6.07, 6.45) is -2.86. The van der Waals surface area contributed by atoms with E-state index in [1.165, 1.54) is 55.5 Å². The van der Waals surface area contributed by atoms with Gasteiger partial charge < -0.3 is 57.9 Å². The van der Waals surface area contributed by atoms with Crippen molar-refractivity contribution >= 4 is 41.5 Å². The first kappa shape index (κ1) is 43.4. The molecule has 0 bridgehead atoms. The van der Waals surface area contributed by atoms with Gasteiger partial charge in [-0.1, -0.05) is 38.1 Å². The number of aliphatic hydroxyl groups excluding tert-OH is 1. The van der Waals surface area contributed by atoms with E-state index in [9.17, 15) is 59.1 Å². The Morgan fingerprint density at radius 3 is 1.34 bits per heavy atom. The fourth-order valence-electron chi connectivity index (χ4n) is 5.00. The minimum atomic E-state index is -1.76. The van der Waals surface area contributed by atoms with Crippen LogP contribution in [-0.4, -0.2) is 109 Å². The van der Waals surface area contributed by atoms with E-state index in [4.69, 9.17) is 5.73 Å². The number of aliphatic carboxylic acids is 2. The quantitative estimate of drug-likeness (QED) is 0.0748. The van der Waals surface area contributed by atoms with Crippen LogP contribution in [0.3, 0.4) is 0 Å². The molecule has 2 rings (SSSR count). The second kappa shape index (κ2) is 20.3. The van der Waals surface area contributed by atoms with E-state index in [0.29, 0.717) is 11.1 Å². The third kappa shape index (κ3) is 14.8. The monoisotopic (exact) mass is 744 g/mol. The molecule has 0 heterocycles. The third-order valence-corrected chi connectivity index (χ3v) is 7.83. The summed E-state index contributed by atoms with van der Waals surface area (Å²) in [7, 11) is 0. The van der Waals surface area contributed by atoms with Gasteiger partial charge in [0.05, 0.1) is 18.6 Å². The zero-order chi connectivity index (χ0) is 40.0. The lowest BCUT2D eigenvalue weighted by Crippen LogP contribution is -2.60. The number of phenols is 2. The minimum Gasteiger partial charge on any atom is -0.508 e. The Labute approximate surface area is 305 Å². The zero-order valence-electron chi connectivity index (χ0n) is 29.7. The van der Waals surface area contributed by atoms with E-state index in [-0.39, 0.29) is 36.7 Å². The summed E-state index contributed by atoms with van der Waals surface area (Å²) in [6.45, 7) is 6.08. The molecular weight excluding hydrogens is 696 g/mol. The lowest BCUT2D eigenvalue weighted by Gasteiger charge is -2.27. The number of carbonyl (C=O) groups is 7. The van der Waals surface area contributed by atoms with Gasteiger partial charge in [0.2, 0.25) is 29.5 Å². The van der Waals surface area contributed by atoms with E-state index in [1.807, 2.05) is 0 Å². The molecule has 0 saturated heterocycles. The maximum absolute atomic E-state index is 13.9. The van der Waals surface area contributed by atoms with Gasteiger partial charge in [0, 0.05) is 12.8 Å². The number of hydrogen-bond acceptors (Lipinski definition) is 11. The van der Waals surface area contributed by atoms with Crippen molar-refractivity contribution in [3.8, 4) is 11.5 Å². The van der Waals surface area contributed by atoms with E-state index < -0.39 is 90.3 Å². The lowest BCUT2D eigenvalue weighted by atomic mass is 10.0. The number of phenolic OH excluding ortho intramolecular Hbond substituents is 2. The van der Waals surface area contributed by atoms with Gasteiger partial charge in [0.15, 0.2) is 6.04 Å². The molecule has 0 saturated carbocycles. The molecule has 0 aliphatic rings. The van der Waals surface area contributed by atoms with Crippen LogP contribution in [-0.2, 0) is 46.4 Å². The smallest absolute Gasteiger partial charge is 0.328 e. The predicted molar refractivity (Wildman–Crippen MR) is 188 cm³/mol. The first-order valence-electron chi connectivity index (χ1n) is 16.7. The van der Waals surface area contributed by atoms with Crippen molar-refractivity contribution in [2.45, 2.75) is 95.7 Å². The first-order valence-corrected chi connectivity index (χ1v) is 16.7. The molecule has 2 aromatic carbocycles. The molecule has 7 atom stereocenters. The summed E-state index contributed by atoms with van der Waals surface area (Å²) in [5.74, 6) is -8.02. The van der Waals surface area contributed by atoms with Crippen LogP contribution in [0.4, 0.5) is 0 Å². The number of hydrogen-bond donors (Lipinski definition) is 11. The number of nitrogens with two attached hydrogens (primary N) is 1. The van der Waals surface area contributed by atoms with Gasteiger partial charge >= 0.3 is 11.9 Å². The normalized spacial score (nSPS) is 15.0. The molecule has 0 radical (unpaired) electrons. The summed E-state index contributed by atoms with van der Waals surface area (Å²) in [4.78, 5) is 90.1. The highest BCUT2D eigenvalue weighted by molar-refractivity contribution is 5.97. The SMILES string of the molecule is CC(C)C[C@H](NC(=O)[C@H](C)N)C(=O)N[C@@H](CC(=O)O)C(=O)N[C@@H](Cc1ccc(O)cc1)C(=O)N[C@@H](Cc1ccc(O)cc1)C(=O)N[C@H](C(=O)O)[C@@H](C)O. The minimum absolute atomic E-state index is 0.0923. The van der Waals surface area contributed by atoms with Crippen molar-refractivity contribution in [2.75, 3.05) is 0 Å². The molecular formula is C35H48N6O12. The van der Waals surface area contributed by atoms with Crippen molar-refractivity contribution in [2.24, 2.45) is 11.7 Å². The van der Waals surface area contributed by atoms with Crippen LogP contribution >= 0.6 is 0 Å². The highest BCUT2D eigenvalue weighted by Gasteiger charge is 2.34. The van der Waals surface area contributed by atoms with Crippen molar-refractivity contribution in [1.29, 1.82) is 0 Å². The van der Waals surface area contributed by atoms with Gasteiger partial charge in [-0.25, -0.2) is 4.79 Å². The number of aromatic hydroxyl groups is 2. The molecule has 290 valence electrons. The predicted octanol–water partition coefficient (Wildman–Crippen LogP) is -1.36. The molecule has 5 amide bonds. The third-order valence-electron chi connectivity index (χ3n) is 7.83. The number of rotatable bonds is 20. The van der Waals surface area contributed by atoms with Gasteiger partial charge in [-0.15, -0.1) is 0 Å². The maximum atomic E-state index is 13.9. The molecule has 0 aliphatic carbocycles. The van der Waals surface area contributed by atoms with Crippen LogP contribution in [0.15, 0.2) is 48.5 Å². The fraction of sp³-hybridized carbons (Fsp3) is 0.457. The first-order chi connectivity index (χ1) is 24.8. The standard InChI is InChI=1S/C35H48N6O12/c1-17(2)13-24(37-30(47)18(3)36)31(48)40-27(16-28(45)46)33(50)38-25(14-20-5-9-22(43)10-6-20)32(49)39-26(15-21-7-11-23(44)12-8-21)34(51)41-29(19(4)42)35(52)53/h5-12,17-19,24-27,29,42-44H,13-16,36H2,1-4H3,(H,37,47)(H,38,50)(H,39,49)(H,40,48)(H,41,51)(H,45,46)(H,52,53)/t18-,19+,24-,25-,26-,27-,29-/m0/s1. The molecule has 0 unspecified atom stereocenters. The van der Waals surface area contributed by atoms with Crippen LogP contribution in [0.1, 0.15) is 51.7 Å². The molecule has 0 aromatic heterocycles. The molecule has 18 heteroatoms. The van der Waals surface area contributed by atoms with Crippen LogP contribution in [0.25, 0.3) is 0 Å². The average molecular weight is 745 g/mol. The average Bonchev–Trinajstić information content (AvgIpc) is 3.06. The van der Waals surface area contributed by atoms with E-state index in [0.717, 1.165) is 6.92 Å². The topological polar surface area (TPSA) is 307 Å².